The summed E-state index contributed by atoms with van der Waals surface area (Å²) in [5.74, 6) is 0.400. The molecule has 3 aromatic heterocycles. The highest BCUT2D eigenvalue weighted by atomic mass is 16.2. The summed E-state index contributed by atoms with van der Waals surface area (Å²) in [6.45, 7) is 2.87. The highest BCUT2D eigenvalue weighted by molar-refractivity contribution is 5.99. The number of nitrogens with zero attached hydrogens (tertiary/aromatic N) is 5. The number of pyridine rings is 1. The van der Waals surface area contributed by atoms with Crippen LogP contribution < -0.4 is 5.32 Å². The van der Waals surface area contributed by atoms with Gasteiger partial charge in [-0.2, -0.15) is 10.2 Å². The molecule has 1 aromatic carbocycles. The number of carbonyl (C=O) groups is 1. The van der Waals surface area contributed by atoms with Crippen molar-refractivity contribution < 1.29 is 4.79 Å². The van der Waals surface area contributed by atoms with Crippen LogP contribution >= 0.6 is 0 Å². The first-order valence-electron chi connectivity index (χ1n) is 8.45. The topological polar surface area (TPSA) is 77.6 Å². The predicted octanol–water partition coefficient (Wildman–Crippen LogP) is 2.95. The lowest BCUT2D eigenvalue weighted by atomic mass is 10.2. The molecular formula is C19H18N6O. The van der Waals surface area contributed by atoms with Gasteiger partial charge < -0.3 is 5.32 Å². The largest absolute Gasteiger partial charge is 0.307 e. The van der Waals surface area contributed by atoms with E-state index in [1.54, 1.807) is 17.1 Å². The van der Waals surface area contributed by atoms with E-state index in [9.17, 15) is 4.79 Å². The number of fused-ring (bicyclic) bond motifs is 1. The Morgan fingerprint density at radius 3 is 2.69 bits per heavy atom. The SMILES string of the molecule is CCn1nc(NC(=O)Cn2ccc(-c3ccccn3)n2)c2ccccc21. The van der Waals surface area contributed by atoms with Gasteiger partial charge in [0.05, 0.1) is 11.2 Å². The minimum absolute atomic E-state index is 0.111. The molecule has 4 rings (SSSR count). The van der Waals surface area contributed by atoms with Gasteiger partial charge in [-0.3, -0.25) is 19.1 Å². The first-order valence-corrected chi connectivity index (χ1v) is 8.45. The Hall–Kier alpha value is -3.48. The van der Waals surface area contributed by atoms with Crippen molar-refractivity contribution in [2.75, 3.05) is 5.32 Å². The first kappa shape index (κ1) is 16.0. The van der Waals surface area contributed by atoms with Gasteiger partial charge in [0.15, 0.2) is 5.82 Å². The Morgan fingerprint density at radius 1 is 1.04 bits per heavy atom. The molecule has 0 atom stereocenters. The van der Waals surface area contributed by atoms with Gasteiger partial charge in [0.25, 0.3) is 0 Å². The number of para-hydroxylation sites is 1. The molecule has 4 aromatic rings. The molecule has 0 unspecified atom stereocenters. The Labute approximate surface area is 150 Å². The zero-order chi connectivity index (χ0) is 17.9. The van der Waals surface area contributed by atoms with Crippen LogP contribution in [0.15, 0.2) is 60.9 Å². The van der Waals surface area contributed by atoms with Crippen molar-refractivity contribution in [3.8, 4) is 11.4 Å². The van der Waals surface area contributed by atoms with E-state index in [0.29, 0.717) is 5.82 Å². The van der Waals surface area contributed by atoms with Crippen molar-refractivity contribution in [3.05, 3.63) is 60.9 Å². The van der Waals surface area contributed by atoms with Gasteiger partial charge in [-0.15, -0.1) is 0 Å². The van der Waals surface area contributed by atoms with Crippen LogP contribution in [0, 0.1) is 0 Å². The normalized spacial score (nSPS) is 11.0. The molecule has 0 aliphatic carbocycles. The van der Waals surface area contributed by atoms with Gasteiger partial charge in [-0.25, -0.2) is 0 Å². The summed E-state index contributed by atoms with van der Waals surface area (Å²) < 4.78 is 3.47. The number of hydrogen-bond donors (Lipinski definition) is 1. The second kappa shape index (κ2) is 6.79. The van der Waals surface area contributed by atoms with E-state index in [4.69, 9.17) is 0 Å². The van der Waals surface area contributed by atoms with Crippen molar-refractivity contribution in [2.24, 2.45) is 0 Å². The van der Waals surface area contributed by atoms with E-state index in [1.165, 1.54) is 0 Å². The maximum absolute atomic E-state index is 12.4. The number of carbonyl (C=O) groups excluding carboxylic acids is 1. The maximum atomic E-state index is 12.4. The molecule has 1 N–H and O–H groups in total. The molecule has 0 aliphatic heterocycles. The Balaban J connectivity index is 1.51. The molecule has 1 amide bonds. The summed E-state index contributed by atoms with van der Waals surface area (Å²) in [6.07, 6.45) is 3.49. The van der Waals surface area contributed by atoms with Crippen molar-refractivity contribution in [1.82, 2.24) is 24.5 Å². The average molecular weight is 346 g/mol. The average Bonchev–Trinajstić information content (AvgIpc) is 3.27. The van der Waals surface area contributed by atoms with E-state index < -0.39 is 0 Å². The monoisotopic (exact) mass is 346 g/mol. The number of anilines is 1. The molecule has 0 bridgehead atoms. The fourth-order valence-electron chi connectivity index (χ4n) is 2.88. The molecule has 7 nitrogen and oxygen atoms in total. The molecular weight excluding hydrogens is 328 g/mol. The van der Waals surface area contributed by atoms with Crippen LogP contribution in [0.3, 0.4) is 0 Å². The van der Waals surface area contributed by atoms with Gasteiger partial charge in [0.2, 0.25) is 5.91 Å². The van der Waals surface area contributed by atoms with E-state index in [0.717, 1.165) is 28.8 Å². The minimum atomic E-state index is -0.174. The molecule has 3 heterocycles. The van der Waals surface area contributed by atoms with E-state index >= 15 is 0 Å². The summed E-state index contributed by atoms with van der Waals surface area (Å²) in [5, 5.41) is 12.7. The number of hydrogen-bond acceptors (Lipinski definition) is 4. The van der Waals surface area contributed by atoms with E-state index in [1.807, 2.05) is 60.1 Å². The number of amides is 1. The molecule has 130 valence electrons. The van der Waals surface area contributed by atoms with E-state index in [-0.39, 0.29) is 12.5 Å². The lowest BCUT2D eigenvalue weighted by molar-refractivity contribution is -0.116. The zero-order valence-electron chi connectivity index (χ0n) is 14.3. The third-order valence-corrected chi connectivity index (χ3v) is 4.09. The van der Waals surface area contributed by atoms with Crippen LogP contribution in [0.5, 0.6) is 0 Å². The molecule has 0 spiro atoms. The summed E-state index contributed by atoms with van der Waals surface area (Å²) in [4.78, 5) is 16.7. The lowest BCUT2D eigenvalue weighted by Crippen LogP contribution is -2.19. The highest BCUT2D eigenvalue weighted by Gasteiger charge is 2.13. The number of aryl methyl sites for hydroxylation is 1. The van der Waals surface area contributed by atoms with Crippen LogP contribution in [-0.4, -0.2) is 30.5 Å². The fraction of sp³-hybridized carbons (Fsp3) is 0.158. The smallest absolute Gasteiger partial charge is 0.247 e. The first-order chi connectivity index (χ1) is 12.7. The number of benzene rings is 1. The molecule has 0 saturated carbocycles. The molecule has 7 heteroatoms. The fourth-order valence-corrected chi connectivity index (χ4v) is 2.88. The minimum Gasteiger partial charge on any atom is -0.307 e. The number of rotatable bonds is 5. The zero-order valence-corrected chi connectivity index (χ0v) is 14.3. The summed E-state index contributed by atoms with van der Waals surface area (Å²) >= 11 is 0. The molecule has 0 saturated heterocycles. The molecule has 0 aliphatic rings. The van der Waals surface area contributed by atoms with Gasteiger partial charge in [-0.1, -0.05) is 18.2 Å². The highest BCUT2D eigenvalue weighted by Crippen LogP contribution is 2.22. The van der Waals surface area contributed by atoms with Gasteiger partial charge in [0.1, 0.15) is 12.2 Å². The summed E-state index contributed by atoms with van der Waals surface area (Å²) in [6, 6.07) is 15.3. The predicted molar refractivity (Wildman–Crippen MR) is 99.5 cm³/mol. The van der Waals surface area contributed by atoms with Crippen LogP contribution in [-0.2, 0) is 17.9 Å². The molecule has 0 radical (unpaired) electrons. The Kier molecular flexibility index (Phi) is 4.18. The second-order valence-electron chi connectivity index (χ2n) is 5.84. The summed E-state index contributed by atoms with van der Waals surface area (Å²) in [5.41, 5.74) is 2.51. The second-order valence-corrected chi connectivity index (χ2v) is 5.84. The van der Waals surface area contributed by atoms with Crippen LogP contribution in [0.4, 0.5) is 5.82 Å². The van der Waals surface area contributed by atoms with Crippen molar-refractivity contribution in [3.63, 3.8) is 0 Å². The van der Waals surface area contributed by atoms with Gasteiger partial charge in [0, 0.05) is 24.3 Å². The van der Waals surface area contributed by atoms with Crippen molar-refractivity contribution in [1.29, 1.82) is 0 Å². The maximum Gasteiger partial charge on any atom is 0.247 e. The van der Waals surface area contributed by atoms with Crippen LogP contribution in [0.25, 0.3) is 22.3 Å². The van der Waals surface area contributed by atoms with Crippen molar-refractivity contribution in [2.45, 2.75) is 20.0 Å². The van der Waals surface area contributed by atoms with Gasteiger partial charge in [-0.05, 0) is 37.3 Å². The Bertz CT molecular complexity index is 1050. The quantitative estimate of drug-likeness (QED) is 0.603. The van der Waals surface area contributed by atoms with Crippen LogP contribution in [0.2, 0.25) is 0 Å². The van der Waals surface area contributed by atoms with Crippen LogP contribution in [0.1, 0.15) is 6.92 Å². The third-order valence-electron chi connectivity index (χ3n) is 4.09. The molecule has 26 heavy (non-hydrogen) atoms. The lowest BCUT2D eigenvalue weighted by Gasteiger charge is -2.03. The molecule has 0 fully saturated rings. The number of aromatic nitrogens is 5. The Morgan fingerprint density at radius 2 is 1.88 bits per heavy atom. The standard InChI is InChI=1S/C19H18N6O/c1-2-25-17-9-4-3-7-14(17)19(23-25)21-18(26)13-24-12-10-16(22-24)15-8-5-6-11-20-15/h3-12H,2,13H2,1H3,(H,21,23,26). The van der Waals surface area contributed by atoms with Gasteiger partial charge >= 0.3 is 0 Å². The number of nitrogens with one attached hydrogen (secondary N) is 1. The van der Waals surface area contributed by atoms with E-state index in [2.05, 4.69) is 20.5 Å². The summed E-state index contributed by atoms with van der Waals surface area (Å²) in [7, 11) is 0. The van der Waals surface area contributed by atoms with Crippen molar-refractivity contribution >= 4 is 22.6 Å². The third kappa shape index (κ3) is 3.06.